The number of nitrogens with zero attached hydrogens (tertiary/aromatic N) is 1. The molecule has 0 spiro atoms. The van der Waals surface area contributed by atoms with Gasteiger partial charge in [-0.3, -0.25) is 0 Å². The van der Waals surface area contributed by atoms with Gasteiger partial charge in [-0.25, -0.2) is 0 Å². The molecule has 0 atom stereocenters. The number of hydrogen-bond acceptors (Lipinski definition) is 1. The maximum atomic E-state index is 5.72. The summed E-state index contributed by atoms with van der Waals surface area (Å²) >= 11 is 5.72. The van der Waals surface area contributed by atoms with E-state index in [1.807, 2.05) is 0 Å². The monoisotopic (exact) mass is 223 g/mol. The van der Waals surface area contributed by atoms with Crippen LogP contribution in [0.25, 0.3) is 0 Å². The third-order valence-electron chi connectivity index (χ3n) is 3.12. The lowest BCUT2D eigenvalue weighted by molar-refractivity contribution is 0.289. The van der Waals surface area contributed by atoms with Gasteiger partial charge in [0, 0.05) is 19.0 Å². The Labute approximate surface area is 97.0 Å². The Morgan fingerprint density at radius 1 is 1.07 bits per heavy atom. The van der Waals surface area contributed by atoms with Crippen molar-refractivity contribution < 1.29 is 0 Å². The van der Waals surface area contributed by atoms with E-state index in [1.54, 1.807) is 0 Å². The zero-order chi connectivity index (χ0) is 10.5. The molecule has 0 N–H and O–H groups in total. The molecule has 0 saturated carbocycles. The highest BCUT2D eigenvalue weighted by molar-refractivity contribution is 6.17. The van der Waals surface area contributed by atoms with Gasteiger partial charge in [-0.1, -0.05) is 24.3 Å². The molecule has 1 nitrogen and oxygen atoms in total. The van der Waals surface area contributed by atoms with Gasteiger partial charge in [0.15, 0.2) is 0 Å². The Kier molecular flexibility index (Phi) is 4.04. The van der Waals surface area contributed by atoms with E-state index in [9.17, 15) is 0 Å². The van der Waals surface area contributed by atoms with Crippen LogP contribution in [0.5, 0.6) is 0 Å². The lowest BCUT2D eigenvalue weighted by Gasteiger charge is -2.18. The van der Waals surface area contributed by atoms with E-state index in [0.29, 0.717) is 0 Å². The molecule has 0 fully saturated rings. The first-order chi connectivity index (χ1) is 7.40. The average molecular weight is 224 g/mol. The van der Waals surface area contributed by atoms with Gasteiger partial charge in [-0.2, -0.15) is 0 Å². The summed E-state index contributed by atoms with van der Waals surface area (Å²) in [6.07, 6.45) is 3.49. The van der Waals surface area contributed by atoms with Crippen molar-refractivity contribution in [1.82, 2.24) is 4.90 Å². The molecule has 1 aromatic carbocycles. The maximum Gasteiger partial charge on any atom is 0.0235 e. The van der Waals surface area contributed by atoms with Crippen LogP contribution >= 0.6 is 11.6 Å². The summed E-state index contributed by atoms with van der Waals surface area (Å²) in [6.45, 7) is 3.53. The van der Waals surface area contributed by atoms with Crippen molar-refractivity contribution in [3.8, 4) is 0 Å². The highest BCUT2D eigenvalue weighted by Gasteiger charge is 2.12. The van der Waals surface area contributed by atoms with Crippen molar-refractivity contribution in [2.45, 2.75) is 19.3 Å². The standard InChI is InChI=1S/C13H18ClN/c14-8-3-9-15-10-6-12-4-1-2-5-13(12)7-11-15/h1-2,4-5H,3,6-11H2. The minimum atomic E-state index is 0.781. The van der Waals surface area contributed by atoms with Gasteiger partial charge < -0.3 is 4.90 Å². The second-order valence-electron chi connectivity index (χ2n) is 4.15. The van der Waals surface area contributed by atoms with Crippen molar-refractivity contribution in [3.05, 3.63) is 35.4 Å². The highest BCUT2D eigenvalue weighted by atomic mass is 35.5. The first kappa shape index (κ1) is 11.0. The molecule has 2 heteroatoms. The van der Waals surface area contributed by atoms with Crippen LogP contribution in [0.4, 0.5) is 0 Å². The van der Waals surface area contributed by atoms with Crippen LogP contribution < -0.4 is 0 Å². The van der Waals surface area contributed by atoms with Gasteiger partial charge in [0.05, 0.1) is 0 Å². The Morgan fingerprint density at radius 3 is 2.20 bits per heavy atom. The van der Waals surface area contributed by atoms with E-state index in [2.05, 4.69) is 29.2 Å². The Morgan fingerprint density at radius 2 is 1.67 bits per heavy atom. The van der Waals surface area contributed by atoms with E-state index >= 15 is 0 Å². The lowest BCUT2D eigenvalue weighted by Crippen LogP contribution is -2.27. The van der Waals surface area contributed by atoms with Gasteiger partial charge in [-0.05, 0) is 36.9 Å². The van der Waals surface area contributed by atoms with Crippen LogP contribution in [-0.2, 0) is 12.8 Å². The molecule has 0 radical (unpaired) electrons. The minimum absolute atomic E-state index is 0.781. The summed E-state index contributed by atoms with van der Waals surface area (Å²) in [5.41, 5.74) is 3.07. The van der Waals surface area contributed by atoms with Gasteiger partial charge in [0.25, 0.3) is 0 Å². The van der Waals surface area contributed by atoms with Gasteiger partial charge >= 0.3 is 0 Å². The predicted molar refractivity (Wildman–Crippen MR) is 65.6 cm³/mol. The number of halogens is 1. The average Bonchev–Trinajstić information content (AvgIpc) is 2.49. The molecule has 0 aromatic heterocycles. The number of benzene rings is 1. The predicted octanol–water partition coefficient (Wildman–Crippen LogP) is 2.72. The number of hydrogen-bond donors (Lipinski definition) is 0. The number of alkyl halides is 1. The van der Waals surface area contributed by atoms with Gasteiger partial charge in [0.1, 0.15) is 0 Å². The second kappa shape index (κ2) is 5.53. The topological polar surface area (TPSA) is 3.24 Å². The molecule has 2 rings (SSSR count). The molecule has 1 heterocycles. The summed E-state index contributed by atoms with van der Waals surface area (Å²) in [4.78, 5) is 2.53. The molecule has 82 valence electrons. The summed E-state index contributed by atoms with van der Waals surface area (Å²) in [7, 11) is 0. The molecule has 0 amide bonds. The zero-order valence-corrected chi connectivity index (χ0v) is 9.84. The summed E-state index contributed by atoms with van der Waals surface area (Å²) in [5.74, 6) is 0.781. The summed E-state index contributed by atoms with van der Waals surface area (Å²) in [5, 5.41) is 0. The van der Waals surface area contributed by atoms with E-state index in [-0.39, 0.29) is 0 Å². The van der Waals surface area contributed by atoms with E-state index < -0.39 is 0 Å². The van der Waals surface area contributed by atoms with Crippen molar-refractivity contribution >= 4 is 11.6 Å². The molecule has 0 saturated heterocycles. The molecule has 0 bridgehead atoms. The van der Waals surface area contributed by atoms with Crippen molar-refractivity contribution in [3.63, 3.8) is 0 Å². The molecule has 1 aliphatic heterocycles. The third-order valence-corrected chi connectivity index (χ3v) is 3.39. The SMILES string of the molecule is ClCCCN1CCc2ccccc2CC1. The quantitative estimate of drug-likeness (QED) is 0.713. The fourth-order valence-corrected chi connectivity index (χ4v) is 2.34. The van der Waals surface area contributed by atoms with Crippen LogP contribution in [-0.4, -0.2) is 30.4 Å². The second-order valence-corrected chi connectivity index (χ2v) is 4.53. The number of fused-ring (bicyclic) bond motifs is 1. The third kappa shape index (κ3) is 2.96. The fraction of sp³-hybridized carbons (Fsp3) is 0.538. The van der Waals surface area contributed by atoms with Crippen LogP contribution in [0.3, 0.4) is 0 Å². The molecular formula is C13H18ClN. The van der Waals surface area contributed by atoms with E-state index in [1.165, 1.54) is 37.1 Å². The molecule has 0 aliphatic carbocycles. The Balaban J connectivity index is 1.96. The molecule has 0 unspecified atom stereocenters. The first-order valence-corrected chi connectivity index (χ1v) is 6.28. The van der Waals surface area contributed by atoms with Gasteiger partial charge in [0.2, 0.25) is 0 Å². The lowest BCUT2D eigenvalue weighted by atomic mass is 10.0. The van der Waals surface area contributed by atoms with E-state index in [0.717, 1.165) is 18.8 Å². The largest absolute Gasteiger partial charge is 0.303 e. The first-order valence-electron chi connectivity index (χ1n) is 5.75. The summed E-state index contributed by atoms with van der Waals surface area (Å²) in [6, 6.07) is 8.82. The van der Waals surface area contributed by atoms with Crippen molar-refractivity contribution in [1.29, 1.82) is 0 Å². The Hall–Kier alpha value is -0.530. The number of rotatable bonds is 3. The Bertz CT molecular complexity index is 284. The fourth-order valence-electron chi connectivity index (χ4n) is 2.22. The summed E-state index contributed by atoms with van der Waals surface area (Å²) < 4.78 is 0. The molecule has 15 heavy (non-hydrogen) atoms. The van der Waals surface area contributed by atoms with Crippen LogP contribution in [0.2, 0.25) is 0 Å². The van der Waals surface area contributed by atoms with Crippen LogP contribution in [0, 0.1) is 0 Å². The smallest absolute Gasteiger partial charge is 0.0235 e. The normalized spacial score (nSPS) is 17.1. The van der Waals surface area contributed by atoms with Crippen LogP contribution in [0.1, 0.15) is 17.5 Å². The highest BCUT2D eigenvalue weighted by Crippen LogP contribution is 2.15. The minimum Gasteiger partial charge on any atom is -0.303 e. The van der Waals surface area contributed by atoms with Gasteiger partial charge in [-0.15, -0.1) is 11.6 Å². The maximum absolute atomic E-state index is 5.72. The zero-order valence-electron chi connectivity index (χ0n) is 9.08. The van der Waals surface area contributed by atoms with Crippen molar-refractivity contribution in [2.75, 3.05) is 25.5 Å². The van der Waals surface area contributed by atoms with Crippen LogP contribution in [0.15, 0.2) is 24.3 Å². The molecule has 1 aliphatic rings. The molecular weight excluding hydrogens is 206 g/mol. The van der Waals surface area contributed by atoms with Crippen molar-refractivity contribution in [2.24, 2.45) is 0 Å². The molecule has 1 aromatic rings. The van der Waals surface area contributed by atoms with E-state index in [4.69, 9.17) is 11.6 Å².